The Bertz CT molecular complexity index is 442. The highest BCUT2D eigenvalue weighted by Crippen LogP contribution is 2.24. The van der Waals surface area contributed by atoms with Gasteiger partial charge in [0, 0.05) is 6.42 Å². The molecule has 0 spiro atoms. The summed E-state index contributed by atoms with van der Waals surface area (Å²) in [6, 6.07) is 0. The van der Waals surface area contributed by atoms with E-state index in [0.29, 0.717) is 19.3 Å². The highest BCUT2D eigenvalue weighted by Gasteiger charge is 2.44. The first-order valence-corrected chi connectivity index (χ1v) is 7.62. The molecule has 0 rings (SSSR count). The van der Waals surface area contributed by atoms with E-state index in [9.17, 15) is 19.8 Å². The number of aliphatic hydroxyl groups excluding tert-OH is 1. The van der Waals surface area contributed by atoms with E-state index in [1.807, 2.05) is 6.92 Å². The largest absolute Gasteiger partial charge is 0.469 e. The topological polar surface area (TPSA) is 93.1 Å². The maximum Gasteiger partial charge on any atom is 0.344 e. The number of rotatable bonds is 10. The van der Waals surface area contributed by atoms with E-state index in [-0.39, 0.29) is 18.3 Å². The van der Waals surface area contributed by atoms with Gasteiger partial charge in [0.15, 0.2) is 0 Å². The second-order valence-corrected chi connectivity index (χ2v) is 5.58. The van der Waals surface area contributed by atoms with Crippen LogP contribution in [0.1, 0.15) is 39.5 Å². The highest BCUT2D eigenvalue weighted by molar-refractivity contribution is 5.82. The third kappa shape index (κ3) is 6.54. The predicted octanol–water partition coefficient (Wildman–Crippen LogP) is 1.75. The SMILES string of the molecule is C=C(C/C=C/[C@@](O)(C(=O)OC)[C@H](O)[C@@H](C)CC)CCC(=O)OC. The standard InChI is InChI=1S/C17H28O6/c1-6-13(3)15(19)17(21,16(20)23-5)11-7-8-12(2)9-10-14(18)22-4/h7,11,13,15,19,21H,2,6,8-10H2,1,3-5H3/b11-7+/t13-,15+,17-/m0/s1. The number of carbonyl (C=O) groups is 2. The Balaban J connectivity index is 4.87. The van der Waals surface area contributed by atoms with Gasteiger partial charge in [0.2, 0.25) is 5.60 Å². The van der Waals surface area contributed by atoms with Crippen molar-refractivity contribution in [3.63, 3.8) is 0 Å². The van der Waals surface area contributed by atoms with Crippen LogP contribution < -0.4 is 0 Å². The molecule has 6 nitrogen and oxygen atoms in total. The first-order valence-electron chi connectivity index (χ1n) is 7.62. The van der Waals surface area contributed by atoms with E-state index in [1.165, 1.54) is 13.2 Å². The average Bonchev–Trinajstić information content (AvgIpc) is 2.56. The van der Waals surface area contributed by atoms with Crippen LogP contribution in [0.15, 0.2) is 24.3 Å². The fourth-order valence-electron chi connectivity index (χ4n) is 2.00. The van der Waals surface area contributed by atoms with Crippen molar-refractivity contribution < 1.29 is 29.3 Å². The van der Waals surface area contributed by atoms with Crippen LogP contribution >= 0.6 is 0 Å². The molecule has 0 radical (unpaired) electrons. The molecule has 0 amide bonds. The molecule has 0 saturated heterocycles. The van der Waals surface area contributed by atoms with Crippen LogP contribution in [0, 0.1) is 5.92 Å². The normalized spacial score (nSPS) is 16.4. The Hall–Kier alpha value is -1.66. The molecule has 0 heterocycles. The summed E-state index contributed by atoms with van der Waals surface area (Å²) in [5.74, 6) is -1.53. The summed E-state index contributed by atoms with van der Waals surface area (Å²) >= 11 is 0. The van der Waals surface area contributed by atoms with Gasteiger partial charge in [-0.15, -0.1) is 0 Å². The van der Waals surface area contributed by atoms with Crippen LogP contribution in [0.25, 0.3) is 0 Å². The number of hydrogen-bond acceptors (Lipinski definition) is 6. The van der Waals surface area contributed by atoms with Gasteiger partial charge in [-0.1, -0.05) is 38.5 Å². The van der Waals surface area contributed by atoms with Gasteiger partial charge in [-0.25, -0.2) is 4.79 Å². The van der Waals surface area contributed by atoms with Gasteiger partial charge in [-0.2, -0.15) is 0 Å². The van der Waals surface area contributed by atoms with E-state index in [1.54, 1.807) is 13.0 Å². The molecule has 0 unspecified atom stereocenters. The molecular formula is C17H28O6. The zero-order valence-electron chi connectivity index (χ0n) is 14.4. The Morgan fingerprint density at radius 3 is 2.35 bits per heavy atom. The second kappa shape index (κ2) is 10.2. The lowest BCUT2D eigenvalue weighted by Gasteiger charge is -2.31. The molecular weight excluding hydrogens is 300 g/mol. The lowest BCUT2D eigenvalue weighted by molar-refractivity contribution is -0.170. The van der Waals surface area contributed by atoms with Crippen molar-refractivity contribution in [2.45, 2.75) is 51.2 Å². The third-order valence-corrected chi connectivity index (χ3v) is 3.84. The molecule has 0 aliphatic carbocycles. The van der Waals surface area contributed by atoms with Gasteiger partial charge in [0.25, 0.3) is 0 Å². The molecule has 2 N–H and O–H groups in total. The van der Waals surface area contributed by atoms with E-state index in [2.05, 4.69) is 16.1 Å². The quantitative estimate of drug-likeness (QED) is 0.469. The van der Waals surface area contributed by atoms with Gasteiger partial charge < -0.3 is 19.7 Å². The third-order valence-electron chi connectivity index (χ3n) is 3.84. The van der Waals surface area contributed by atoms with Crippen molar-refractivity contribution in [2.24, 2.45) is 5.92 Å². The molecule has 0 fully saturated rings. The second-order valence-electron chi connectivity index (χ2n) is 5.58. The lowest BCUT2D eigenvalue weighted by Crippen LogP contribution is -2.51. The van der Waals surface area contributed by atoms with E-state index >= 15 is 0 Å². The van der Waals surface area contributed by atoms with Crippen LogP contribution in [-0.2, 0) is 19.1 Å². The van der Waals surface area contributed by atoms with Crippen LogP contribution in [-0.4, -0.2) is 48.1 Å². The monoisotopic (exact) mass is 328 g/mol. The number of esters is 2. The minimum atomic E-state index is -2.10. The number of methoxy groups -OCH3 is 2. The molecule has 3 atom stereocenters. The number of ether oxygens (including phenoxy) is 2. The zero-order chi connectivity index (χ0) is 18.0. The Labute approximate surface area is 137 Å². The maximum absolute atomic E-state index is 11.9. The number of carbonyl (C=O) groups excluding carboxylic acids is 2. The van der Waals surface area contributed by atoms with Crippen molar-refractivity contribution in [3.05, 3.63) is 24.3 Å². The predicted molar refractivity (Wildman–Crippen MR) is 86.6 cm³/mol. The fourth-order valence-corrected chi connectivity index (χ4v) is 2.00. The zero-order valence-corrected chi connectivity index (χ0v) is 14.4. The number of aliphatic hydroxyl groups is 2. The van der Waals surface area contributed by atoms with Crippen molar-refractivity contribution in [2.75, 3.05) is 14.2 Å². The van der Waals surface area contributed by atoms with Crippen molar-refractivity contribution in [3.8, 4) is 0 Å². The summed E-state index contributed by atoms with van der Waals surface area (Å²) < 4.78 is 9.14. The summed E-state index contributed by atoms with van der Waals surface area (Å²) in [7, 11) is 2.47. The number of hydrogen-bond donors (Lipinski definition) is 2. The van der Waals surface area contributed by atoms with Gasteiger partial charge in [-0.3, -0.25) is 4.79 Å². The Kier molecular flexibility index (Phi) is 9.44. The van der Waals surface area contributed by atoms with Crippen LogP contribution in [0.4, 0.5) is 0 Å². The lowest BCUT2D eigenvalue weighted by atomic mass is 9.85. The molecule has 0 saturated carbocycles. The summed E-state index contributed by atoms with van der Waals surface area (Å²) in [6.07, 6.45) is 3.13. The number of allylic oxidation sites excluding steroid dienone is 2. The van der Waals surface area contributed by atoms with E-state index in [0.717, 1.165) is 12.7 Å². The molecule has 23 heavy (non-hydrogen) atoms. The first kappa shape index (κ1) is 21.3. The molecule has 0 aromatic carbocycles. The molecule has 0 aromatic rings. The van der Waals surface area contributed by atoms with E-state index in [4.69, 9.17) is 0 Å². The van der Waals surface area contributed by atoms with Crippen molar-refractivity contribution >= 4 is 11.9 Å². The van der Waals surface area contributed by atoms with Gasteiger partial charge in [-0.05, 0) is 24.8 Å². The average molecular weight is 328 g/mol. The summed E-state index contributed by atoms with van der Waals surface area (Å²) in [5.41, 5.74) is -1.36. The molecule has 0 aliphatic heterocycles. The summed E-state index contributed by atoms with van der Waals surface area (Å²) in [5, 5.41) is 20.7. The Morgan fingerprint density at radius 2 is 1.87 bits per heavy atom. The van der Waals surface area contributed by atoms with Crippen LogP contribution in [0.2, 0.25) is 0 Å². The molecule has 6 heteroatoms. The highest BCUT2D eigenvalue weighted by atomic mass is 16.5. The molecule has 132 valence electrons. The molecule has 0 aromatic heterocycles. The van der Waals surface area contributed by atoms with Crippen molar-refractivity contribution in [1.29, 1.82) is 0 Å². The van der Waals surface area contributed by atoms with Gasteiger partial charge in [0.05, 0.1) is 20.3 Å². The van der Waals surface area contributed by atoms with Crippen LogP contribution in [0.5, 0.6) is 0 Å². The first-order chi connectivity index (χ1) is 10.7. The van der Waals surface area contributed by atoms with Crippen LogP contribution in [0.3, 0.4) is 0 Å². The fraction of sp³-hybridized carbons (Fsp3) is 0.647. The van der Waals surface area contributed by atoms with Crippen molar-refractivity contribution in [1.82, 2.24) is 0 Å². The molecule has 0 bridgehead atoms. The Morgan fingerprint density at radius 1 is 1.26 bits per heavy atom. The minimum absolute atomic E-state index is 0.222. The van der Waals surface area contributed by atoms with Gasteiger partial charge >= 0.3 is 11.9 Å². The van der Waals surface area contributed by atoms with Gasteiger partial charge in [0.1, 0.15) is 0 Å². The summed E-state index contributed by atoms with van der Waals surface area (Å²) in [6.45, 7) is 7.41. The van der Waals surface area contributed by atoms with E-state index < -0.39 is 17.7 Å². The minimum Gasteiger partial charge on any atom is -0.469 e. The smallest absolute Gasteiger partial charge is 0.344 e. The molecule has 0 aliphatic rings. The maximum atomic E-state index is 11.9. The summed E-state index contributed by atoms with van der Waals surface area (Å²) in [4.78, 5) is 22.9.